The molecule has 0 radical (unpaired) electrons. The van der Waals surface area contributed by atoms with E-state index in [1.54, 1.807) is 11.3 Å². The number of thiazole rings is 1. The average molecular weight is 412 g/mol. The van der Waals surface area contributed by atoms with Crippen molar-refractivity contribution in [2.24, 2.45) is 5.41 Å². The number of hydrogen-bond acceptors (Lipinski definition) is 4. The van der Waals surface area contributed by atoms with Crippen LogP contribution in [-0.4, -0.2) is 34.8 Å². The van der Waals surface area contributed by atoms with Gasteiger partial charge in [0.05, 0.1) is 5.01 Å². The largest absolute Gasteiger partial charge is 0.356 e. The molecule has 5 nitrogen and oxygen atoms in total. The molecule has 1 saturated carbocycles. The normalized spacial score (nSPS) is 18.0. The van der Waals surface area contributed by atoms with Crippen molar-refractivity contribution in [2.75, 3.05) is 13.1 Å². The minimum absolute atomic E-state index is 0.0994. The molecule has 2 amide bonds. The fourth-order valence-corrected chi connectivity index (χ4v) is 5.55. The fourth-order valence-electron chi connectivity index (χ4n) is 4.77. The summed E-state index contributed by atoms with van der Waals surface area (Å²) in [5, 5.41) is 6.20. The van der Waals surface area contributed by atoms with Crippen LogP contribution >= 0.6 is 11.3 Å². The van der Waals surface area contributed by atoms with Gasteiger partial charge in [-0.15, -0.1) is 11.3 Å². The van der Waals surface area contributed by atoms with Crippen LogP contribution in [0.2, 0.25) is 0 Å². The highest BCUT2D eigenvalue weighted by molar-refractivity contribution is 7.09. The second kappa shape index (κ2) is 8.66. The Morgan fingerprint density at radius 2 is 2.03 bits per heavy atom. The molecule has 1 aliphatic carbocycles. The first-order valence-corrected chi connectivity index (χ1v) is 11.5. The minimum Gasteiger partial charge on any atom is -0.356 e. The van der Waals surface area contributed by atoms with Crippen LogP contribution in [0.25, 0.3) is 0 Å². The number of benzene rings is 1. The molecule has 29 heavy (non-hydrogen) atoms. The molecule has 2 heterocycles. The van der Waals surface area contributed by atoms with Crippen LogP contribution in [0.5, 0.6) is 0 Å². The van der Waals surface area contributed by atoms with Crippen molar-refractivity contribution in [1.82, 2.24) is 15.2 Å². The van der Waals surface area contributed by atoms with E-state index in [1.165, 1.54) is 6.42 Å². The van der Waals surface area contributed by atoms with Gasteiger partial charge < -0.3 is 10.2 Å². The Morgan fingerprint density at radius 3 is 2.76 bits per heavy atom. The first-order chi connectivity index (χ1) is 14.0. The predicted octanol–water partition coefficient (Wildman–Crippen LogP) is 4.11. The van der Waals surface area contributed by atoms with Crippen molar-refractivity contribution in [1.29, 1.82) is 0 Å². The maximum atomic E-state index is 12.8. The Labute approximate surface area is 176 Å². The second-order valence-electron chi connectivity index (χ2n) is 8.54. The van der Waals surface area contributed by atoms with Crippen molar-refractivity contribution in [3.05, 3.63) is 51.5 Å². The van der Waals surface area contributed by atoms with Gasteiger partial charge in [0.1, 0.15) is 0 Å². The van der Waals surface area contributed by atoms with Crippen LogP contribution in [0.4, 0.5) is 0 Å². The van der Waals surface area contributed by atoms with E-state index < -0.39 is 0 Å². The van der Waals surface area contributed by atoms with Crippen LogP contribution in [-0.2, 0) is 17.8 Å². The highest BCUT2D eigenvalue weighted by Crippen LogP contribution is 2.41. The standard InChI is InChI=1S/C23H29N3O2S/c1-17-15-29-21(25-17)9-12-24-20(27)13-23(10-5-2-6-11-23)16-26-14-18-7-3-4-8-19(18)22(26)28/h3-4,7-8,15H,2,5-6,9-14,16H2,1H3,(H,24,27). The molecule has 0 bridgehead atoms. The Kier molecular flexibility index (Phi) is 5.99. The molecule has 2 aromatic rings. The van der Waals surface area contributed by atoms with Crippen molar-refractivity contribution < 1.29 is 9.59 Å². The molecule has 1 aromatic heterocycles. The van der Waals surface area contributed by atoms with E-state index in [9.17, 15) is 9.59 Å². The van der Waals surface area contributed by atoms with Crippen molar-refractivity contribution in [3.63, 3.8) is 0 Å². The molecular formula is C23H29N3O2S. The lowest BCUT2D eigenvalue weighted by molar-refractivity contribution is -0.124. The molecule has 1 N–H and O–H groups in total. The zero-order valence-corrected chi connectivity index (χ0v) is 17.9. The van der Waals surface area contributed by atoms with Gasteiger partial charge in [0.15, 0.2) is 0 Å². The van der Waals surface area contributed by atoms with E-state index in [0.29, 0.717) is 26.1 Å². The van der Waals surface area contributed by atoms with E-state index >= 15 is 0 Å². The first-order valence-electron chi connectivity index (χ1n) is 10.6. The summed E-state index contributed by atoms with van der Waals surface area (Å²) in [5.41, 5.74) is 2.86. The smallest absolute Gasteiger partial charge is 0.254 e. The summed E-state index contributed by atoms with van der Waals surface area (Å²) in [5.74, 6) is 0.217. The molecule has 0 unspecified atom stereocenters. The molecule has 0 spiro atoms. The Bertz CT molecular complexity index is 886. The molecule has 2 aliphatic rings. The SMILES string of the molecule is Cc1csc(CCNC(=O)CC2(CN3Cc4ccccc4C3=O)CCCCC2)n1. The van der Waals surface area contributed by atoms with E-state index in [2.05, 4.69) is 10.3 Å². The van der Waals surface area contributed by atoms with Gasteiger partial charge in [0, 0.05) is 49.1 Å². The minimum atomic E-state index is -0.0994. The molecule has 1 aliphatic heterocycles. The van der Waals surface area contributed by atoms with Gasteiger partial charge in [-0.05, 0) is 36.8 Å². The number of fused-ring (bicyclic) bond motifs is 1. The number of nitrogens with zero attached hydrogens (tertiary/aromatic N) is 2. The number of nitrogens with one attached hydrogen (secondary N) is 1. The maximum absolute atomic E-state index is 12.8. The van der Waals surface area contributed by atoms with Crippen LogP contribution in [0, 0.1) is 12.3 Å². The van der Waals surface area contributed by atoms with Gasteiger partial charge in [0.25, 0.3) is 5.91 Å². The molecule has 0 atom stereocenters. The lowest BCUT2D eigenvalue weighted by Gasteiger charge is -2.39. The van der Waals surface area contributed by atoms with Gasteiger partial charge in [-0.2, -0.15) is 0 Å². The summed E-state index contributed by atoms with van der Waals surface area (Å²) in [7, 11) is 0. The number of carbonyl (C=O) groups excluding carboxylic acids is 2. The summed E-state index contributed by atoms with van der Waals surface area (Å²) in [6, 6.07) is 7.86. The number of carbonyl (C=O) groups is 2. The Morgan fingerprint density at radius 1 is 1.24 bits per heavy atom. The topological polar surface area (TPSA) is 62.3 Å². The van der Waals surface area contributed by atoms with Crippen LogP contribution in [0.3, 0.4) is 0 Å². The Balaban J connectivity index is 1.36. The second-order valence-corrected chi connectivity index (χ2v) is 9.48. The Hall–Kier alpha value is -2.21. The summed E-state index contributed by atoms with van der Waals surface area (Å²) in [6.45, 7) is 3.96. The summed E-state index contributed by atoms with van der Waals surface area (Å²) in [4.78, 5) is 32.0. The molecule has 4 rings (SSSR count). The van der Waals surface area contributed by atoms with Gasteiger partial charge in [-0.1, -0.05) is 37.5 Å². The quantitative estimate of drug-likeness (QED) is 0.746. The highest BCUT2D eigenvalue weighted by Gasteiger charge is 2.39. The number of amides is 2. The van der Waals surface area contributed by atoms with Crippen LogP contribution in [0.15, 0.2) is 29.6 Å². The van der Waals surface area contributed by atoms with Crippen LogP contribution < -0.4 is 5.32 Å². The van der Waals surface area contributed by atoms with E-state index in [1.807, 2.05) is 41.5 Å². The molecular weight excluding hydrogens is 382 g/mol. The lowest BCUT2D eigenvalue weighted by Crippen LogP contribution is -2.43. The third-order valence-corrected chi connectivity index (χ3v) is 7.23. The van der Waals surface area contributed by atoms with Gasteiger partial charge in [0.2, 0.25) is 5.91 Å². The molecule has 154 valence electrons. The van der Waals surface area contributed by atoms with Crippen molar-refractivity contribution >= 4 is 23.2 Å². The third kappa shape index (κ3) is 4.69. The molecule has 6 heteroatoms. The van der Waals surface area contributed by atoms with Gasteiger partial charge in [-0.25, -0.2) is 4.98 Å². The molecule has 1 fully saturated rings. The summed E-state index contributed by atoms with van der Waals surface area (Å²) < 4.78 is 0. The maximum Gasteiger partial charge on any atom is 0.254 e. The zero-order chi connectivity index (χ0) is 20.3. The van der Waals surface area contributed by atoms with E-state index in [4.69, 9.17) is 0 Å². The molecule has 0 saturated heterocycles. The zero-order valence-electron chi connectivity index (χ0n) is 17.1. The summed E-state index contributed by atoms with van der Waals surface area (Å²) >= 11 is 1.65. The van der Waals surface area contributed by atoms with E-state index in [0.717, 1.165) is 53.9 Å². The number of aryl methyl sites for hydroxylation is 1. The number of aromatic nitrogens is 1. The van der Waals surface area contributed by atoms with Crippen LogP contribution in [0.1, 0.15) is 65.1 Å². The highest BCUT2D eigenvalue weighted by atomic mass is 32.1. The molecule has 1 aromatic carbocycles. The monoisotopic (exact) mass is 411 g/mol. The lowest BCUT2D eigenvalue weighted by atomic mass is 9.71. The average Bonchev–Trinajstić information content (AvgIpc) is 3.26. The summed E-state index contributed by atoms with van der Waals surface area (Å²) in [6.07, 6.45) is 6.82. The number of hydrogen-bond donors (Lipinski definition) is 1. The van der Waals surface area contributed by atoms with E-state index in [-0.39, 0.29) is 17.2 Å². The number of rotatable bonds is 7. The third-order valence-electron chi connectivity index (χ3n) is 6.20. The van der Waals surface area contributed by atoms with Gasteiger partial charge >= 0.3 is 0 Å². The predicted molar refractivity (Wildman–Crippen MR) is 115 cm³/mol. The van der Waals surface area contributed by atoms with Crippen molar-refractivity contribution in [2.45, 2.75) is 58.4 Å². The van der Waals surface area contributed by atoms with Gasteiger partial charge in [-0.3, -0.25) is 9.59 Å². The fraction of sp³-hybridized carbons (Fsp3) is 0.522. The first kappa shape index (κ1) is 20.1. The van der Waals surface area contributed by atoms with Crippen molar-refractivity contribution in [3.8, 4) is 0 Å².